The number of carbonyl (C=O) groups is 3. The van der Waals surface area contributed by atoms with Gasteiger partial charge in [-0.2, -0.15) is 0 Å². The van der Waals surface area contributed by atoms with Gasteiger partial charge in [0, 0.05) is 25.7 Å². The first-order valence-electron chi connectivity index (χ1n) is 9.87. The molecule has 156 valence electrons. The molecule has 8 heteroatoms. The van der Waals surface area contributed by atoms with Gasteiger partial charge in [-0.3, -0.25) is 14.4 Å². The highest BCUT2D eigenvalue weighted by Gasteiger charge is 2.23. The van der Waals surface area contributed by atoms with Crippen LogP contribution < -0.4 is 19.7 Å². The van der Waals surface area contributed by atoms with Gasteiger partial charge in [-0.1, -0.05) is 12.1 Å². The Morgan fingerprint density at radius 3 is 2.80 bits per heavy atom. The molecule has 0 atom stereocenters. The number of para-hydroxylation sites is 1. The molecule has 0 radical (unpaired) electrons. The van der Waals surface area contributed by atoms with Crippen LogP contribution in [0.1, 0.15) is 23.2 Å². The smallest absolute Gasteiger partial charge is 0.264 e. The van der Waals surface area contributed by atoms with Crippen molar-refractivity contribution in [1.29, 1.82) is 0 Å². The summed E-state index contributed by atoms with van der Waals surface area (Å²) in [6, 6.07) is 12.1. The minimum Gasteiger partial charge on any atom is -0.491 e. The summed E-state index contributed by atoms with van der Waals surface area (Å²) in [6.07, 6.45) is 1.47. The van der Waals surface area contributed by atoms with Gasteiger partial charge < -0.3 is 24.6 Å². The Morgan fingerprint density at radius 1 is 1.17 bits per heavy atom. The molecular weight excluding hydrogens is 386 g/mol. The normalized spacial score (nSPS) is 15.6. The van der Waals surface area contributed by atoms with Crippen molar-refractivity contribution in [2.45, 2.75) is 12.8 Å². The molecule has 0 aromatic heterocycles. The molecule has 2 aromatic carbocycles. The number of likely N-dealkylation sites (tertiary alicyclic amines) is 1. The Morgan fingerprint density at radius 2 is 2.00 bits per heavy atom. The van der Waals surface area contributed by atoms with E-state index < -0.39 is 0 Å². The molecule has 0 spiro atoms. The molecule has 0 saturated carbocycles. The Labute approximate surface area is 174 Å². The molecule has 1 N–H and O–H groups in total. The Hall–Kier alpha value is -3.55. The summed E-state index contributed by atoms with van der Waals surface area (Å²) in [5.74, 6) is 0.713. The molecule has 0 aliphatic carbocycles. The number of rotatable bonds is 6. The number of ether oxygens (including phenoxy) is 2. The first-order valence-corrected chi connectivity index (χ1v) is 9.87. The molecule has 2 heterocycles. The van der Waals surface area contributed by atoms with Crippen LogP contribution in [0.5, 0.6) is 11.5 Å². The minimum absolute atomic E-state index is 0.00292. The van der Waals surface area contributed by atoms with E-state index in [0.717, 1.165) is 13.0 Å². The molecule has 0 bridgehead atoms. The average Bonchev–Trinajstić information content (AvgIpc) is 3.16. The van der Waals surface area contributed by atoms with Crippen molar-refractivity contribution in [3.8, 4) is 11.5 Å². The number of hydrogen-bond acceptors (Lipinski definition) is 5. The third-order valence-electron chi connectivity index (χ3n) is 5.23. The van der Waals surface area contributed by atoms with Crippen LogP contribution in [0.25, 0.3) is 0 Å². The number of hydrogen-bond donors (Lipinski definition) is 1. The van der Waals surface area contributed by atoms with Crippen LogP contribution in [0.3, 0.4) is 0 Å². The van der Waals surface area contributed by atoms with E-state index in [0.29, 0.717) is 48.0 Å². The lowest BCUT2D eigenvalue weighted by molar-refractivity contribution is -0.128. The van der Waals surface area contributed by atoms with E-state index in [4.69, 9.17) is 9.47 Å². The highest BCUT2D eigenvalue weighted by atomic mass is 16.5. The second-order valence-corrected chi connectivity index (χ2v) is 7.21. The highest BCUT2D eigenvalue weighted by molar-refractivity contribution is 6.07. The Bertz CT molecular complexity index is 990. The lowest BCUT2D eigenvalue weighted by Gasteiger charge is -2.26. The summed E-state index contributed by atoms with van der Waals surface area (Å²) in [5.41, 5.74) is 1.54. The summed E-state index contributed by atoms with van der Waals surface area (Å²) < 4.78 is 11.2. The summed E-state index contributed by atoms with van der Waals surface area (Å²) in [4.78, 5) is 39.7. The van der Waals surface area contributed by atoms with Gasteiger partial charge in [0.15, 0.2) is 6.61 Å². The van der Waals surface area contributed by atoms with Crippen molar-refractivity contribution in [2.75, 3.05) is 43.6 Å². The predicted molar refractivity (Wildman–Crippen MR) is 111 cm³/mol. The number of anilines is 2. The SMILES string of the molecule is CN1C(=O)COc2ccc(NC(=O)c3ccccc3OCCN3CCCC3=O)cc21. The first kappa shape index (κ1) is 19.8. The topological polar surface area (TPSA) is 88.2 Å². The molecule has 1 fully saturated rings. The fourth-order valence-corrected chi connectivity index (χ4v) is 3.53. The van der Waals surface area contributed by atoms with Crippen LogP contribution in [0.2, 0.25) is 0 Å². The zero-order valence-corrected chi connectivity index (χ0v) is 16.7. The standard InChI is InChI=1S/C22H23N3O5/c1-24-17-13-15(8-9-19(17)30-14-21(24)27)23-22(28)16-5-2-3-6-18(16)29-12-11-25-10-4-7-20(25)26/h2-3,5-6,8-9,13H,4,7,10-12,14H2,1H3,(H,23,28). The Kier molecular flexibility index (Phi) is 5.56. The number of amides is 3. The van der Waals surface area contributed by atoms with Gasteiger partial charge in [0.25, 0.3) is 11.8 Å². The van der Waals surface area contributed by atoms with E-state index in [9.17, 15) is 14.4 Å². The van der Waals surface area contributed by atoms with E-state index >= 15 is 0 Å². The van der Waals surface area contributed by atoms with Crippen molar-refractivity contribution >= 4 is 29.1 Å². The molecule has 30 heavy (non-hydrogen) atoms. The van der Waals surface area contributed by atoms with Crippen molar-refractivity contribution in [3.05, 3.63) is 48.0 Å². The van der Waals surface area contributed by atoms with Crippen molar-refractivity contribution < 1.29 is 23.9 Å². The third kappa shape index (κ3) is 4.07. The van der Waals surface area contributed by atoms with Crippen LogP contribution in [0.15, 0.2) is 42.5 Å². The van der Waals surface area contributed by atoms with Crippen LogP contribution in [0, 0.1) is 0 Å². The fourth-order valence-electron chi connectivity index (χ4n) is 3.53. The highest BCUT2D eigenvalue weighted by Crippen LogP contribution is 2.34. The lowest BCUT2D eigenvalue weighted by Crippen LogP contribution is -2.35. The maximum absolute atomic E-state index is 12.9. The van der Waals surface area contributed by atoms with E-state index in [1.54, 1.807) is 54.4 Å². The zero-order chi connectivity index (χ0) is 21.1. The van der Waals surface area contributed by atoms with E-state index in [1.807, 2.05) is 0 Å². The quantitative estimate of drug-likeness (QED) is 0.791. The maximum atomic E-state index is 12.9. The van der Waals surface area contributed by atoms with Crippen molar-refractivity contribution in [1.82, 2.24) is 4.90 Å². The van der Waals surface area contributed by atoms with E-state index in [-0.39, 0.29) is 24.3 Å². The number of nitrogens with zero attached hydrogens (tertiary/aromatic N) is 2. The van der Waals surface area contributed by atoms with Crippen molar-refractivity contribution in [2.24, 2.45) is 0 Å². The number of fused-ring (bicyclic) bond motifs is 1. The summed E-state index contributed by atoms with van der Waals surface area (Å²) in [6.45, 7) is 1.57. The van der Waals surface area contributed by atoms with Gasteiger partial charge in [0.05, 0.1) is 17.8 Å². The predicted octanol–water partition coefficient (Wildman–Crippen LogP) is 2.30. The van der Waals surface area contributed by atoms with Crippen LogP contribution in [-0.2, 0) is 9.59 Å². The third-order valence-corrected chi connectivity index (χ3v) is 5.23. The van der Waals surface area contributed by atoms with Crippen LogP contribution in [0.4, 0.5) is 11.4 Å². The van der Waals surface area contributed by atoms with Gasteiger partial charge in [-0.15, -0.1) is 0 Å². The molecule has 4 rings (SSSR count). The molecular formula is C22H23N3O5. The van der Waals surface area contributed by atoms with Crippen LogP contribution in [-0.4, -0.2) is 56.0 Å². The van der Waals surface area contributed by atoms with Gasteiger partial charge >= 0.3 is 0 Å². The molecule has 8 nitrogen and oxygen atoms in total. The van der Waals surface area contributed by atoms with Gasteiger partial charge in [-0.05, 0) is 36.8 Å². The molecule has 1 saturated heterocycles. The second kappa shape index (κ2) is 8.44. The Balaban J connectivity index is 1.44. The zero-order valence-electron chi connectivity index (χ0n) is 16.7. The molecule has 2 aliphatic rings. The van der Waals surface area contributed by atoms with Crippen molar-refractivity contribution in [3.63, 3.8) is 0 Å². The van der Waals surface area contributed by atoms with Crippen LogP contribution >= 0.6 is 0 Å². The molecule has 0 unspecified atom stereocenters. The number of benzene rings is 2. The van der Waals surface area contributed by atoms with Gasteiger partial charge in [0.2, 0.25) is 5.91 Å². The van der Waals surface area contributed by atoms with Gasteiger partial charge in [0.1, 0.15) is 18.1 Å². The number of nitrogens with one attached hydrogen (secondary N) is 1. The number of carbonyl (C=O) groups excluding carboxylic acids is 3. The molecule has 3 amide bonds. The number of likely N-dealkylation sites (N-methyl/N-ethyl adjacent to an activating group) is 1. The molecule has 2 aliphatic heterocycles. The summed E-state index contributed by atoms with van der Waals surface area (Å²) >= 11 is 0. The second-order valence-electron chi connectivity index (χ2n) is 7.21. The van der Waals surface area contributed by atoms with E-state index in [2.05, 4.69) is 5.32 Å². The monoisotopic (exact) mass is 409 g/mol. The van der Waals surface area contributed by atoms with E-state index in [1.165, 1.54) is 4.90 Å². The average molecular weight is 409 g/mol. The minimum atomic E-state index is -0.325. The first-order chi connectivity index (χ1) is 14.5. The summed E-state index contributed by atoms with van der Waals surface area (Å²) in [7, 11) is 1.67. The largest absolute Gasteiger partial charge is 0.491 e. The summed E-state index contributed by atoms with van der Waals surface area (Å²) in [5, 5.41) is 2.85. The lowest BCUT2D eigenvalue weighted by atomic mass is 10.1. The maximum Gasteiger partial charge on any atom is 0.264 e. The van der Waals surface area contributed by atoms with Gasteiger partial charge in [-0.25, -0.2) is 0 Å². The fraction of sp³-hybridized carbons (Fsp3) is 0.318. The molecule has 2 aromatic rings.